The minimum Gasteiger partial charge on any atom is -0.444 e. The Hall–Kier alpha value is -1.56. The number of amidine groups is 1. The standard InChI is InChI=1S/C10H18N4O2/c1-7-8(2)16-10(13-7)6-12-5-3-4-9(11)14-15/h12,15H,3-6H2,1-2H3,(H2,11,14). The number of hydrogen-bond acceptors (Lipinski definition) is 5. The largest absolute Gasteiger partial charge is 0.444 e. The fourth-order valence-corrected chi connectivity index (χ4v) is 1.25. The molecule has 1 heterocycles. The van der Waals surface area contributed by atoms with Gasteiger partial charge in [-0.25, -0.2) is 4.98 Å². The molecule has 1 aromatic heterocycles. The molecule has 0 aliphatic rings. The van der Waals surface area contributed by atoms with E-state index < -0.39 is 0 Å². The molecule has 1 rings (SSSR count). The minimum absolute atomic E-state index is 0.254. The SMILES string of the molecule is Cc1nc(CNCCCC(N)=NO)oc1C. The molecule has 4 N–H and O–H groups in total. The van der Waals surface area contributed by atoms with Gasteiger partial charge in [0.1, 0.15) is 11.6 Å². The monoisotopic (exact) mass is 226 g/mol. The van der Waals surface area contributed by atoms with E-state index in [4.69, 9.17) is 15.4 Å². The maximum atomic E-state index is 8.32. The predicted molar refractivity (Wildman–Crippen MR) is 60.3 cm³/mol. The van der Waals surface area contributed by atoms with Gasteiger partial charge in [0.15, 0.2) is 0 Å². The summed E-state index contributed by atoms with van der Waals surface area (Å²) >= 11 is 0. The molecular weight excluding hydrogens is 208 g/mol. The molecule has 0 aliphatic carbocycles. The molecular formula is C10H18N4O2. The summed E-state index contributed by atoms with van der Waals surface area (Å²) in [5.41, 5.74) is 6.26. The number of oxime groups is 1. The highest BCUT2D eigenvalue weighted by Gasteiger charge is 2.04. The number of aryl methyl sites for hydroxylation is 2. The molecule has 0 amide bonds. The highest BCUT2D eigenvalue weighted by molar-refractivity contribution is 5.79. The average molecular weight is 226 g/mol. The van der Waals surface area contributed by atoms with Gasteiger partial charge in [0, 0.05) is 6.42 Å². The van der Waals surface area contributed by atoms with Gasteiger partial charge in [-0.3, -0.25) is 0 Å². The molecule has 0 aromatic carbocycles. The third-order valence-electron chi connectivity index (χ3n) is 2.26. The van der Waals surface area contributed by atoms with Crippen LogP contribution in [0.15, 0.2) is 9.57 Å². The van der Waals surface area contributed by atoms with Crippen molar-refractivity contribution in [2.24, 2.45) is 10.9 Å². The average Bonchev–Trinajstić information content (AvgIpc) is 2.57. The number of aromatic nitrogens is 1. The third-order valence-corrected chi connectivity index (χ3v) is 2.26. The van der Waals surface area contributed by atoms with Crippen molar-refractivity contribution in [1.29, 1.82) is 0 Å². The molecule has 6 heteroatoms. The molecule has 0 saturated carbocycles. The topological polar surface area (TPSA) is 96.7 Å². The molecule has 1 aromatic rings. The van der Waals surface area contributed by atoms with Crippen molar-refractivity contribution in [2.45, 2.75) is 33.2 Å². The zero-order chi connectivity index (χ0) is 12.0. The second-order valence-corrected chi connectivity index (χ2v) is 3.62. The lowest BCUT2D eigenvalue weighted by Gasteiger charge is -2.01. The van der Waals surface area contributed by atoms with E-state index in [1.807, 2.05) is 13.8 Å². The summed E-state index contributed by atoms with van der Waals surface area (Å²) in [5.74, 6) is 1.80. The maximum absolute atomic E-state index is 8.32. The Labute approximate surface area is 94.5 Å². The Bertz CT molecular complexity index is 340. The summed E-state index contributed by atoms with van der Waals surface area (Å²) in [6.45, 7) is 5.19. The molecule has 0 atom stereocenters. The third kappa shape index (κ3) is 3.90. The Balaban J connectivity index is 2.16. The Kier molecular flexibility index (Phi) is 4.78. The first kappa shape index (κ1) is 12.5. The summed E-state index contributed by atoms with van der Waals surface area (Å²) in [5, 5.41) is 14.4. The van der Waals surface area contributed by atoms with E-state index >= 15 is 0 Å². The van der Waals surface area contributed by atoms with Crippen LogP contribution in [0.1, 0.15) is 30.2 Å². The first-order valence-corrected chi connectivity index (χ1v) is 5.23. The summed E-state index contributed by atoms with van der Waals surface area (Å²) in [6.07, 6.45) is 1.39. The predicted octanol–water partition coefficient (Wildman–Crippen LogP) is 0.908. The van der Waals surface area contributed by atoms with Crippen LogP contribution in [0, 0.1) is 13.8 Å². The molecule has 6 nitrogen and oxygen atoms in total. The number of rotatable bonds is 6. The van der Waals surface area contributed by atoms with Crippen molar-refractivity contribution < 1.29 is 9.62 Å². The summed E-state index contributed by atoms with van der Waals surface area (Å²) in [7, 11) is 0. The van der Waals surface area contributed by atoms with E-state index in [1.165, 1.54) is 0 Å². The van der Waals surface area contributed by atoms with E-state index in [0.29, 0.717) is 18.9 Å². The normalized spacial score (nSPS) is 12.0. The molecule has 0 aliphatic heterocycles. The van der Waals surface area contributed by atoms with Crippen LogP contribution in [-0.2, 0) is 6.54 Å². The maximum Gasteiger partial charge on any atom is 0.208 e. The number of hydrogen-bond donors (Lipinski definition) is 3. The van der Waals surface area contributed by atoms with Gasteiger partial charge in [-0.15, -0.1) is 0 Å². The van der Waals surface area contributed by atoms with E-state index in [0.717, 1.165) is 24.4 Å². The minimum atomic E-state index is 0.254. The molecule has 0 radical (unpaired) electrons. The molecule has 90 valence electrons. The van der Waals surface area contributed by atoms with Gasteiger partial charge >= 0.3 is 0 Å². The highest BCUT2D eigenvalue weighted by atomic mass is 16.4. The van der Waals surface area contributed by atoms with Crippen molar-refractivity contribution in [2.75, 3.05) is 6.54 Å². The fourth-order valence-electron chi connectivity index (χ4n) is 1.25. The van der Waals surface area contributed by atoms with Crippen LogP contribution < -0.4 is 11.1 Å². The van der Waals surface area contributed by atoms with Crippen molar-refractivity contribution in [3.05, 3.63) is 17.3 Å². The van der Waals surface area contributed by atoms with Crippen molar-refractivity contribution in [3.63, 3.8) is 0 Å². The number of nitrogens with two attached hydrogens (primary N) is 1. The second-order valence-electron chi connectivity index (χ2n) is 3.62. The van der Waals surface area contributed by atoms with Gasteiger partial charge in [0.25, 0.3) is 0 Å². The Morgan fingerprint density at radius 2 is 2.31 bits per heavy atom. The Morgan fingerprint density at radius 3 is 2.88 bits per heavy atom. The van der Waals surface area contributed by atoms with Crippen LogP contribution in [0.25, 0.3) is 0 Å². The van der Waals surface area contributed by atoms with Gasteiger partial charge in [0.2, 0.25) is 5.89 Å². The van der Waals surface area contributed by atoms with Crippen molar-refractivity contribution in [1.82, 2.24) is 10.3 Å². The van der Waals surface area contributed by atoms with E-state index in [1.54, 1.807) is 0 Å². The van der Waals surface area contributed by atoms with Crippen LogP contribution >= 0.6 is 0 Å². The van der Waals surface area contributed by atoms with Crippen molar-refractivity contribution in [3.8, 4) is 0 Å². The summed E-state index contributed by atoms with van der Waals surface area (Å²) < 4.78 is 5.40. The first-order valence-electron chi connectivity index (χ1n) is 5.23. The molecule has 0 fully saturated rings. The van der Waals surface area contributed by atoms with Crippen LogP contribution in [-0.4, -0.2) is 22.6 Å². The molecule has 0 bridgehead atoms. The van der Waals surface area contributed by atoms with Crippen molar-refractivity contribution >= 4 is 5.84 Å². The van der Waals surface area contributed by atoms with Gasteiger partial charge in [-0.1, -0.05) is 5.16 Å². The lowest BCUT2D eigenvalue weighted by Crippen LogP contribution is -2.18. The van der Waals surface area contributed by atoms with Gasteiger partial charge in [-0.2, -0.15) is 0 Å². The van der Waals surface area contributed by atoms with E-state index in [-0.39, 0.29) is 5.84 Å². The number of nitrogens with one attached hydrogen (secondary N) is 1. The first-order chi connectivity index (χ1) is 7.63. The quantitative estimate of drug-likeness (QED) is 0.220. The van der Waals surface area contributed by atoms with Crippen LogP contribution in [0.3, 0.4) is 0 Å². The summed E-state index contributed by atoms with van der Waals surface area (Å²) in [6, 6.07) is 0. The fraction of sp³-hybridized carbons (Fsp3) is 0.600. The molecule has 0 spiro atoms. The molecule has 16 heavy (non-hydrogen) atoms. The van der Waals surface area contributed by atoms with Gasteiger partial charge < -0.3 is 20.7 Å². The lowest BCUT2D eigenvalue weighted by atomic mass is 10.3. The van der Waals surface area contributed by atoms with Crippen LogP contribution in [0.5, 0.6) is 0 Å². The lowest BCUT2D eigenvalue weighted by molar-refractivity contribution is 0.316. The summed E-state index contributed by atoms with van der Waals surface area (Å²) in [4.78, 5) is 4.24. The smallest absolute Gasteiger partial charge is 0.208 e. The zero-order valence-corrected chi connectivity index (χ0v) is 9.66. The van der Waals surface area contributed by atoms with Crippen LogP contribution in [0.4, 0.5) is 0 Å². The van der Waals surface area contributed by atoms with Gasteiger partial charge in [-0.05, 0) is 26.8 Å². The molecule has 0 saturated heterocycles. The second kappa shape index (κ2) is 6.12. The zero-order valence-electron chi connectivity index (χ0n) is 9.66. The highest BCUT2D eigenvalue weighted by Crippen LogP contribution is 2.07. The van der Waals surface area contributed by atoms with Gasteiger partial charge in [0.05, 0.1) is 12.2 Å². The number of nitrogens with zero attached hydrogens (tertiary/aromatic N) is 2. The number of oxazole rings is 1. The van der Waals surface area contributed by atoms with E-state index in [9.17, 15) is 0 Å². The van der Waals surface area contributed by atoms with E-state index in [2.05, 4.69) is 15.5 Å². The Morgan fingerprint density at radius 1 is 1.56 bits per heavy atom. The van der Waals surface area contributed by atoms with Crippen LogP contribution in [0.2, 0.25) is 0 Å². The molecule has 0 unspecified atom stereocenters.